The quantitative estimate of drug-likeness (QED) is 0.778. The van der Waals surface area contributed by atoms with E-state index in [4.69, 9.17) is 0 Å². The molecular weight excluding hydrogens is 266 g/mol. The summed E-state index contributed by atoms with van der Waals surface area (Å²) in [5, 5.41) is 9.36. The first-order chi connectivity index (χ1) is 7.81. The van der Waals surface area contributed by atoms with Gasteiger partial charge in [0.1, 0.15) is 0 Å². The van der Waals surface area contributed by atoms with Gasteiger partial charge in [0.15, 0.2) is 5.82 Å². The van der Waals surface area contributed by atoms with Gasteiger partial charge >= 0.3 is 0 Å². The fourth-order valence-corrected chi connectivity index (χ4v) is 2.25. The smallest absolute Gasteiger partial charge is 0.151 e. The molecule has 0 unspecified atom stereocenters. The van der Waals surface area contributed by atoms with Crippen molar-refractivity contribution in [1.29, 1.82) is 0 Å². The first kappa shape index (κ1) is 11.8. The maximum absolute atomic E-state index is 4.26. The second kappa shape index (κ2) is 5.62. The molecule has 16 heavy (non-hydrogen) atoms. The van der Waals surface area contributed by atoms with Gasteiger partial charge in [-0.25, -0.2) is 0 Å². The van der Waals surface area contributed by atoms with Gasteiger partial charge in [-0.1, -0.05) is 15.9 Å². The molecule has 1 aliphatic carbocycles. The summed E-state index contributed by atoms with van der Waals surface area (Å²) in [4.78, 5) is 2.42. The van der Waals surface area contributed by atoms with Gasteiger partial charge in [-0.2, -0.15) is 5.10 Å². The normalized spacial score (nSPS) is 15.9. The van der Waals surface area contributed by atoms with E-state index in [0.29, 0.717) is 6.04 Å². The highest BCUT2D eigenvalue weighted by molar-refractivity contribution is 9.09. The van der Waals surface area contributed by atoms with Crippen LogP contribution in [0.25, 0.3) is 0 Å². The van der Waals surface area contributed by atoms with Gasteiger partial charge in [-0.3, -0.25) is 0 Å². The van der Waals surface area contributed by atoms with Crippen LogP contribution in [0.3, 0.4) is 0 Å². The van der Waals surface area contributed by atoms with Crippen molar-refractivity contribution in [3.63, 3.8) is 0 Å². The van der Waals surface area contributed by atoms with E-state index >= 15 is 0 Å². The molecule has 0 spiro atoms. The lowest BCUT2D eigenvalue weighted by atomic mass is 9.91. The van der Waals surface area contributed by atoms with Gasteiger partial charge in [-0.15, -0.1) is 5.10 Å². The van der Waals surface area contributed by atoms with Crippen molar-refractivity contribution in [3.05, 3.63) is 17.8 Å². The molecule has 0 saturated heterocycles. The molecule has 3 nitrogen and oxygen atoms in total. The number of rotatable bonds is 5. The Bertz CT molecular complexity index is 339. The standard InChI is InChI=1S/C12H18BrN3/c1-10-8-12(15-14-9-10)16(7-3-6-13)11-4-2-5-11/h8-9,11H,2-7H2,1H3. The van der Waals surface area contributed by atoms with Gasteiger partial charge in [-0.05, 0) is 44.2 Å². The maximum atomic E-state index is 4.26. The molecule has 4 heteroatoms. The Labute approximate surface area is 105 Å². The Balaban J connectivity index is 2.10. The predicted molar refractivity (Wildman–Crippen MR) is 70.2 cm³/mol. The van der Waals surface area contributed by atoms with E-state index in [1.807, 2.05) is 6.20 Å². The number of hydrogen-bond donors (Lipinski definition) is 0. The van der Waals surface area contributed by atoms with E-state index in [1.165, 1.54) is 24.8 Å². The largest absolute Gasteiger partial charge is 0.352 e. The summed E-state index contributed by atoms with van der Waals surface area (Å²) < 4.78 is 0. The first-order valence-corrected chi connectivity index (χ1v) is 7.05. The summed E-state index contributed by atoms with van der Waals surface area (Å²) in [5.41, 5.74) is 1.19. The average molecular weight is 284 g/mol. The molecule has 0 N–H and O–H groups in total. The molecule has 88 valence electrons. The Morgan fingerprint density at radius 3 is 2.88 bits per heavy atom. The third-order valence-electron chi connectivity index (χ3n) is 3.12. The van der Waals surface area contributed by atoms with Gasteiger partial charge in [0, 0.05) is 17.9 Å². The highest BCUT2D eigenvalue weighted by Crippen LogP contribution is 2.28. The van der Waals surface area contributed by atoms with Crippen LogP contribution in [0.4, 0.5) is 5.82 Å². The lowest BCUT2D eigenvalue weighted by Gasteiger charge is -2.38. The van der Waals surface area contributed by atoms with E-state index in [1.54, 1.807) is 0 Å². The summed E-state index contributed by atoms with van der Waals surface area (Å²) in [7, 11) is 0. The summed E-state index contributed by atoms with van der Waals surface area (Å²) >= 11 is 3.49. The minimum absolute atomic E-state index is 0.690. The summed E-state index contributed by atoms with van der Waals surface area (Å²) in [5.74, 6) is 1.05. The van der Waals surface area contributed by atoms with Crippen LogP contribution in [0, 0.1) is 6.92 Å². The molecule has 1 aromatic rings. The summed E-state index contributed by atoms with van der Waals surface area (Å²) in [6, 6.07) is 2.83. The Kier molecular flexibility index (Phi) is 4.16. The molecule has 0 aliphatic heterocycles. The molecule has 1 aliphatic rings. The molecule has 0 radical (unpaired) electrons. The maximum Gasteiger partial charge on any atom is 0.151 e. The average Bonchev–Trinajstić information content (AvgIpc) is 2.21. The van der Waals surface area contributed by atoms with Gasteiger partial charge < -0.3 is 4.90 Å². The first-order valence-electron chi connectivity index (χ1n) is 5.93. The van der Waals surface area contributed by atoms with Crippen molar-refractivity contribution in [2.24, 2.45) is 0 Å². The molecule has 0 bridgehead atoms. The van der Waals surface area contributed by atoms with Crippen LogP contribution >= 0.6 is 15.9 Å². The fourth-order valence-electron chi connectivity index (χ4n) is 2.00. The predicted octanol–water partition coefficient (Wildman–Crippen LogP) is 2.93. The number of anilines is 1. The van der Waals surface area contributed by atoms with Crippen LogP contribution < -0.4 is 4.90 Å². The molecule has 1 aromatic heterocycles. The van der Waals surface area contributed by atoms with Gasteiger partial charge in [0.05, 0.1) is 6.20 Å². The number of aryl methyl sites for hydroxylation is 1. The molecular formula is C12H18BrN3. The SMILES string of the molecule is Cc1cnnc(N(CCCBr)C2CCC2)c1. The molecule has 0 atom stereocenters. The zero-order valence-electron chi connectivity index (χ0n) is 9.69. The Hall–Kier alpha value is -0.640. The molecule has 0 amide bonds. The van der Waals surface area contributed by atoms with Crippen LogP contribution in [0.1, 0.15) is 31.2 Å². The Morgan fingerprint density at radius 2 is 2.31 bits per heavy atom. The molecule has 1 heterocycles. The number of hydrogen-bond acceptors (Lipinski definition) is 3. The third kappa shape index (κ3) is 2.73. The minimum Gasteiger partial charge on any atom is -0.352 e. The van der Waals surface area contributed by atoms with Crippen LogP contribution in [-0.4, -0.2) is 28.1 Å². The number of alkyl halides is 1. The second-order valence-corrected chi connectivity index (χ2v) is 5.20. The van der Waals surface area contributed by atoms with Crippen molar-refractivity contribution >= 4 is 21.7 Å². The van der Waals surface area contributed by atoms with E-state index in [2.05, 4.69) is 44.0 Å². The summed E-state index contributed by atoms with van der Waals surface area (Å²) in [6.07, 6.45) is 6.93. The number of nitrogens with zero attached hydrogens (tertiary/aromatic N) is 3. The number of halogens is 1. The van der Waals surface area contributed by atoms with E-state index in [9.17, 15) is 0 Å². The van der Waals surface area contributed by atoms with Crippen molar-refractivity contribution in [3.8, 4) is 0 Å². The number of aromatic nitrogens is 2. The van der Waals surface area contributed by atoms with Gasteiger partial charge in [0.2, 0.25) is 0 Å². The van der Waals surface area contributed by atoms with Crippen molar-refractivity contribution < 1.29 is 0 Å². The van der Waals surface area contributed by atoms with Crippen molar-refractivity contribution in [2.45, 2.75) is 38.6 Å². The summed E-state index contributed by atoms with van der Waals surface area (Å²) in [6.45, 7) is 3.15. The topological polar surface area (TPSA) is 29.0 Å². The lowest BCUT2D eigenvalue weighted by Crippen LogP contribution is -2.41. The molecule has 2 rings (SSSR count). The molecule has 1 saturated carbocycles. The van der Waals surface area contributed by atoms with Crippen LogP contribution in [-0.2, 0) is 0 Å². The van der Waals surface area contributed by atoms with E-state index < -0.39 is 0 Å². The monoisotopic (exact) mass is 283 g/mol. The Morgan fingerprint density at radius 1 is 1.50 bits per heavy atom. The highest BCUT2D eigenvalue weighted by Gasteiger charge is 2.25. The van der Waals surface area contributed by atoms with E-state index in [-0.39, 0.29) is 0 Å². The van der Waals surface area contributed by atoms with Crippen LogP contribution in [0.5, 0.6) is 0 Å². The highest BCUT2D eigenvalue weighted by atomic mass is 79.9. The van der Waals surface area contributed by atoms with Crippen LogP contribution in [0.2, 0.25) is 0 Å². The van der Waals surface area contributed by atoms with Crippen LogP contribution in [0.15, 0.2) is 12.3 Å². The third-order valence-corrected chi connectivity index (χ3v) is 3.68. The molecule has 0 aromatic carbocycles. The van der Waals surface area contributed by atoms with Crippen molar-refractivity contribution in [2.75, 3.05) is 16.8 Å². The van der Waals surface area contributed by atoms with E-state index in [0.717, 1.165) is 24.1 Å². The second-order valence-electron chi connectivity index (χ2n) is 4.41. The van der Waals surface area contributed by atoms with Gasteiger partial charge in [0.25, 0.3) is 0 Å². The lowest BCUT2D eigenvalue weighted by molar-refractivity contribution is 0.383. The molecule has 1 fully saturated rings. The van der Waals surface area contributed by atoms with Crippen molar-refractivity contribution in [1.82, 2.24) is 10.2 Å². The zero-order chi connectivity index (χ0) is 11.4. The zero-order valence-corrected chi connectivity index (χ0v) is 11.3. The fraction of sp³-hybridized carbons (Fsp3) is 0.667. The minimum atomic E-state index is 0.690.